The van der Waals surface area contributed by atoms with Crippen LogP contribution in [0, 0.1) is 0 Å². The van der Waals surface area contributed by atoms with Crippen LogP contribution in [0.2, 0.25) is 0 Å². The van der Waals surface area contributed by atoms with Gasteiger partial charge in [0.2, 0.25) is 5.88 Å². The fraction of sp³-hybridized carbons (Fsp3) is 0.0952. The molecule has 0 saturated heterocycles. The Morgan fingerprint density at radius 1 is 0.720 bits per heavy atom. The Labute approximate surface area is 146 Å². The molecule has 25 heavy (non-hydrogen) atoms. The second-order valence-corrected chi connectivity index (χ2v) is 5.64. The van der Waals surface area contributed by atoms with Crippen molar-refractivity contribution in [2.75, 3.05) is 6.61 Å². The maximum Gasteiger partial charge on any atom is 0.213 e. The molecule has 0 aliphatic heterocycles. The molecular formula is C21H17N3O. The Kier molecular flexibility index (Phi) is 4.09. The highest BCUT2D eigenvalue weighted by molar-refractivity contribution is 5.77. The van der Waals surface area contributed by atoms with Crippen LogP contribution in [-0.4, -0.2) is 21.6 Å². The lowest BCUT2D eigenvalue weighted by Gasteiger charge is -2.06. The molecule has 122 valence electrons. The molecule has 0 spiro atoms. The van der Waals surface area contributed by atoms with E-state index in [9.17, 15) is 0 Å². The molecule has 0 atom stereocenters. The van der Waals surface area contributed by atoms with Crippen molar-refractivity contribution in [3.05, 3.63) is 73.1 Å². The molecule has 0 saturated carbocycles. The Morgan fingerprint density at radius 2 is 1.44 bits per heavy atom. The van der Waals surface area contributed by atoms with Crippen molar-refractivity contribution >= 4 is 11.0 Å². The van der Waals surface area contributed by atoms with Gasteiger partial charge in [-0.15, -0.1) is 0 Å². The second kappa shape index (κ2) is 6.69. The van der Waals surface area contributed by atoms with Crippen LogP contribution in [0.4, 0.5) is 0 Å². The van der Waals surface area contributed by atoms with Gasteiger partial charge in [0.15, 0.2) is 0 Å². The first-order chi connectivity index (χ1) is 12.3. The number of fused-ring (bicyclic) bond motifs is 1. The van der Waals surface area contributed by atoms with Crippen LogP contribution in [0.1, 0.15) is 6.92 Å². The normalized spacial score (nSPS) is 10.8. The van der Waals surface area contributed by atoms with Crippen molar-refractivity contribution in [3.63, 3.8) is 0 Å². The van der Waals surface area contributed by atoms with Crippen LogP contribution in [0.5, 0.6) is 5.88 Å². The molecule has 4 aromatic rings. The largest absolute Gasteiger partial charge is 0.478 e. The molecule has 0 amide bonds. The van der Waals surface area contributed by atoms with Crippen LogP contribution in [-0.2, 0) is 0 Å². The predicted octanol–water partition coefficient (Wildman–Crippen LogP) is 4.76. The molecule has 4 nitrogen and oxygen atoms in total. The van der Waals surface area contributed by atoms with E-state index in [1.807, 2.05) is 55.7 Å². The maximum absolute atomic E-state index is 5.38. The van der Waals surface area contributed by atoms with E-state index in [-0.39, 0.29) is 0 Å². The average molecular weight is 327 g/mol. The third kappa shape index (κ3) is 3.19. The van der Waals surface area contributed by atoms with Gasteiger partial charge in [0.1, 0.15) is 0 Å². The van der Waals surface area contributed by atoms with Gasteiger partial charge in [0.05, 0.1) is 29.5 Å². The molecule has 2 heterocycles. The van der Waals surface area contributed by atoms with Crippen molar-refractivity contribution in [1.29, 1.82) is 0 Å². The Balaban J connectivity index is 1.62. The van der Waals surface area contributed by atoms with E-state index in [4.69, 9.17) is 4.74 Å². The Hall–Kier alpha value is -3.27. The molecule has 0 radical (unpaired) electrons. The Bertz CT molecular complexity index is 995. The highest BCUT2D eigenvalue weighted by Crippen LogP contribution is 2.25. The third-order valence-corrected chi connectivity index (χ3v) is 3.99. The van der Waals surface area contributed by atoms with E-state index in [1.54, 1.807) is 0 Å². The summed E-state index contributed by atoms with van der Waals surface area (Å²) in [6.45, 7) is 2.57. The molecule has 2 aromatic carbocycles. The summed E-state index contributed by atoms with van der Waals surface area (Å²) >= 11 is 0. The molecule has 2 aromatic heterocycles. The predicted molar refractivity (Wildman–Crippen MR) is 99.4 cm³/mol. The van der Waals surface area contributed by atoms with E-state index in [0.29, 0.717) is 12.5 Å². The molecule has 0 bridgehead atoms. The Morgan fingerprint density at radius 3 is 2.16 bits per heavy atom. The smallest absolute Gasteiger partial charge is 0.213 e. The number of benzene rings is 2. The van der Waals surface area contributed by atoms with Gasteiger partial charge in [-0.05, 0) is 30.7 Å². The van der Waals surface area contributed by atoms with Gasteiger partial charge in [0.25, 0.3) is 0 Å². The number of aromatic nitrogens is 3. The number of para-hydroxylation sites is 2. The summed E-state index contributed by atoms with van der Waals surface area (Å²) in [5.41, 5.74) is 5.88. The third-order valence-electron chi connectivity index (χ3n) is 3.99. The fourth-order valence-electron chi connectivity index (χ4n) is 2.71. The molecule has 0 aliphatic carbocycles. The standard InChI is InChI=1S/C21H17N3O/c1-2-25-21-12-11-17(13-23-21)15-7-9-16(10-8-15)20-14-22-18-5-3-4-6-19(18)24-20/h3-14H,2H2,1H3. The van der Waals surface area contributed by atoms with Gasteiger partial charge < -0.3 is 4.74 Å². The number of hydrogen-bond acceptors (Lipinski definition) is 4. The fourth-order valence-corrected chi connectivity index (χ4v) is 2.71. The van der Waals surface area contributed by atoms with Crippen molar-refractivity contribution < 1.29 is 4.74 Å². The summed E-state index contributed by atoms with van der Waals surface area (Å²) < 4.78 is 5.38. The van der Waals surface area contributed by atoms with E-state index in [2.05, 4.69) is 39.2 Å². The van der Waals surface area contributed by atoms with E-state index in [0.717, 1.165) is 33.4 Å². The average Bonchev–Trinajstić information content (AvgIpc) is 2.69. The molecule has 0 fully saturated rings. The molecular weight excluding hydrogens is 310 g/mol. The first-order valence-corrected chi connectivity index (χ1v) is 8.25. The van der Waals surface area contributed by atoms with Crippen LogP contribution >= 0.6 is 0 Å². The van der Waals surface area contributed by atoms with Crippen LogP contribution in [0.15, 0.2) is 73.1 Å². The zero-order valence-corrected chi connectivity index (χ0v) is 13.9. The highest BCUT2D eigenvalue weighted by Gasteiger charge is 2.04. The van der Waals surface area contributed by atoms with Crippen molar-refractivity contribution in [2.45, 2.75) is 6.92 Å². The summed E-state index contributed by atoms with van der Waals surface area (Å²) in [5.74, 6) is 0.648. The summed E-state index contributed by atoms with van der Waals surface area (Å²) in [6.07, 6.45) is 3.64. The first kappa shape index (κ1) is 15.3. The van der Waals surface area contributed by atoms with Crippen molar-refractivity contribution in [2.24, 2.45) is 0 Å². The van der Waals surface area contributed by atoms with Crippen molar-refractivity contribution in [1.82, 2.24) is 15.0 Å². The number of nitrogens with zero attached hydrogens (tertiary/aromatic N) is 3. The zero-order chi connectivity index (χ0) is 17.1. The number of hydrogen-bond donors (Lipinski definition) is 0. The lowest BCUT2D eigenvalue weighted by atomic mass is 10.0. The summed E-state index contributed by atoms with van der Waals surface area (Å²) in [6, 6.07) is 20.1. The number of ether oxygens (including phenoxy) is 1. The van der Waals surface area contributed by atoms with Gasteiger partial charge in [-0.1, -0.05) is 36.4 Å². The zero-order valence-electron chi connectivity index (χ0n) is 13.9. The van der Waals surface area contributed by atoms with Gasteiger partial charge in [-0.3, -0.25) is 4.98 Å². The lowest BCUT2D eigenvalue weighted by Crippen LogP contribution is -1.93. The van der Waals surface area contributed by atoms with Gasteiger partial charge in [-0.25, -0.2) is 9.97 Å². The topological polar surface area (TPSA) is 47.9 Å². The van der Waals surface area contributed by atoms with E-state index in [1.165, 1.54) is 0 Å². The summed E-state index contributed by atoms with van der Waals surface area (Å²) in [7, 11) is 0. The molecule has 4 heteroatoms. The van der Waals surface area contributed by atoms with Gasteiger partial charge >= 0.3 is 0 Å². The number of rotatable bonds is 4. The lowest BCUT2D eigenvalue weighted by molar-refractivity contribution is 0.327. The summed E-state index contributed by atoms with van der Waals surface area (Å²) in [4.78, 5) is 13.5. The van der Waals surface area contributed by atoms with Crippen LogP contribution < -0.4 is 4.74 Å². The quantitative estimate of drug-likeness (QED) is 0.542. The minimum Gasteiger partial charge on any atom is -0.478 e. The summed E-state index contributed by atoms with van der Waals surface area (Å²) in [5, 5.41) is 0. The molecule has 4 rings (SSSR count). The van der Waals surface area contributed by atoms with E-state index >= 15 is 0 Å². The highest BCUT2D eigenvalue weighted by atomic mass is 16.5. The van der Waals surface area contributed by atoms with Gasteiger partial charge in [-0.2, -0.15) is 0 Å². The van der Waals surface area contributed by atoms with Gasteiger partial charge in [0, 0.05) is 23.4 Å². The molecule has 0 aliphatic rings. The maximum atomic E-state index is 5.38. The number of pyridine rings is 1. The van der Waals surface area contributed by atoms with Crippen LogP contribution in [0.3, 0.4) is 0 Å². The molecule has 0 unspecified atom stereocenters. The SMILES string of the molecule is CCOc1ccc(-c2ccc(-c3cnc4ccccc4n3)cc2)cn1. The minimum atomic E-state index is 0.619. The van der Waals surface area contributed by atoms with E-state index < -0.39 is 0 Å². The monoisotopic (exact) mass is 327 g/mol. The van der Waals surface area contributed by atoms with Crippen LogP contribution in [0.25, 0.3) is 33.4 Å². The molecule has 0 N–H and O–H groups in total. The second-order valence-electron chi connectivity index (χ2n) is 5.64. The van der Waals surface area contributed by atoms with Crippen molar-refractivity contribution in [3.8, 4) is 28.3 Å². The first-order valence-electron chi connectivity index (χ1n) is 8.25. The minimum absolute atomic E-state index is 0.619.